The van der Waals surface area contributed by atoms with Crippen LogP contribution in [-0.2, 0) is 14.8 Å². The Morgan fingerprint density at radius 3 is 2.76 bits per heavy atom. The van der Waals surface area contributed by atoms with Crippen LogP contribution in [0, 0.1) is 11.7 Å². The number of hydrogen-bond acceptors (Lipinski definition) is 5. The number of pyridine rings is 1. The number of rotatable bonds is 7. The van der Waals surface area contributed by atoms with Gasteiger partial charge < -0.3 is 9.47 Å². The van der Waals surface area contributed by atoms with Gasteiger partial charge in [-0.2, -0.15) is 0 Å². The molecule has 0 spiro atoms. The molecule has 29 heavy (non-hydrogen) atoms. The van der Waals surface area contributed by atoms with Gasteiger partial charge in [-0.1, -0.05) is 11.6 Å². The predicted molar refractivity (Wildman–Crippen MR) is 108 cm³/mol. The van der Waals surface area contributed by atoms with E-state index in [1.807, 2.05) is 0 Å². The summed E-state index contributed by atoms with van der Waals surface area (Å²) in [5.74, 6) is -0.226. The molecule has 9 heteroatoms. The van der Waals surface area contributed by atoms with Gasteiger partial charge >= 0.3 is 0 Å². The normalized spacial score (nSPS) is 22.4. The standard InChI is InChI=1S/C20H22ClFN2O4S/c21-14-1-6-20(23-10-14)17-5-2-15(9-18(17)22)28-12-13-11-27-8-7-19(13)24-29(25,26)16-3-4-16/h1-2,5-6,9-10,13,16,19,24H,3-4,7-8,11-12H2/t13-,19+/m0/s1. The van der Waals surface area contributed by atoms with E-state index >= 15 is 0 Å². The first-order chi connectivity index (χ1) is 13.9. The second kappa shape index (κ2) is 8.55. The number of benzene rings is 1. The lowest BCUT2D eigenvalue weighted by molar-refractivity contribution is 0.0186. The molecule has 1 aliphatic carbocycles. The van der Waals surface area contributed by atoms with Gasteiger partial charge in [0.1, 0.15) is 11.6 Å². The predicted octanol–water partition coefficient (Wildman–Crippen LogP) is 3.41. The molecule has 2 atom stereocenters. The average Bonchev–Trinajstić information content (AvgIpc) is 3.54. The highest BCUT2D eigenvalue weighted by Crippen LogP contribution is 2.30. The summed E-state index contributed by atoms with van der Waals surface area (Å²) in [6.45, 7) is 1.13. The van der Waals surface area contributed by atoms with Crippen molar-refractivity contribution in [2.45, 2.75) is 30.6 Å². The molecule has 0 unspecified atom stereocenters. The quantitative estimate of drug-likeness (QED) is 0.714. The van der Waals surface area contributed by atoms with Crippen LogP contribution in [0.15, 0.2) is 36.5 Å². The highest BCUT2D eigenvalue weighted by Gasteiger charge is 2.39. The molecule has 4 rings (SSSR count). The van der Waals surface area contributed by atoms with E-state index in [4.69, 9.17) is 21.1 Å². The summed E-state index contributed by atoms with van der Waals surface area (Å²) in [4.78, 5) is 4.13. The number of sulfonamides is 1. The fourth-order valence-corrected chi connectivity index (χ4v) is 5.13. The van der Waals surface area contributed by atoms with E-state index in [1.165, 1.54) is 12.3 Å². The van der Waals surface area contributed by atoms with Gasteiger partial charge in [0.05, 0.1) is 29.2 Å². The average molecular weight is 441 g/mol. The smallest absolute Gasteiger partial charge is 0.214 e. The molecule has 1 aromatic carbocycles. The molecule has 1 saturated carbocycles. The lowest BCUT2D eigenvalue weighted by Crippen LogP contribution is -2.48. The van der Waals surface area contributed by atoms with Crippen molar-refractivity contribution in [2.75, 3.05) is 19.8 Å². The van der Waals surface area contributed by atoms with Crippen molar-refractivity contribution >= 4 is 21.6 Å². The van der Waals surface area contributed by atoms with Gasteiger partial charge in [0, 0.05) is 36.4 Å². The SMILES string of the molecule is O=S(=O)(N[C@@H]1CCOC[C@H]1COc1ccc(-c2ccc(Cl)cn2)c(F)c1)C1CC1. The lowest BCUT2D eigenvalue weighted by Gasteiger charge is -2.31. The zero-order chi connectivity index (χ0) is 20.4. The van der Waals surface area contributed by atoms with Crippen molar-refractivity contribution in [3.63, 3.8) is 0 Å². The first-order valence-electron chi connectivity index (χ1n) is 9.55. The summed E-state index contributed by atoms with van der Waals surface area (Å²) >= 11 is 5.82. The number of nitrogens with zero attached hydrogens (tertiary/aromatic N) is 1. The molecule has 2 fully saturated rings. The van der Waals surface area contributed by atoms with Crippen molar-refractivity contribution in [3.8, 4) is 17.0 Å². The van der Waals surface area contributed by atoms with Gasteiger partial charge in [-0.05, 0) is 43.5 Å². The van der Waals surface area contributed by atoms with E-state index in [-0.39, 0.29) is 23.8 Å². The topological polar surface area (TPSA) is 77.5 Å². The number of ether oxygens (including phenoxy) is 2. The highest BCUT2D eigenvalue weighted by atomic mass is 35.5. The van der Waals surface area contributed by atoms with Gasteiger partial charge in [0.2, 0.25) is 10.0 Å². The summed E-state index contributed by atoms with van der Waals surface area (Å²) in [6.07, 6.45) is 3.49. The van der Waals surface area contributed by atoms with Gasteiger partial charge in [-0.25, -0.2) is 17.5 Å². The van der Waals surface area contributed by atoms with Crippen LogP contribution in [0.4, 0.5) is 4.39 Å². The number of hydrogen-bond donors (Lipinski definition) is 1. The van der Waals surface area contributed by atoms with Gasteiger partial charge in [0.15, 0.2) is 0 Å². The Kier molecular flexibility index (Phi) is 6.06. The van der Waals surface area contributed by atoms with Gasteiger partial charge in [-0.3, -0.25) is 4.98 Å². The fourth-order valence-electron chi connectivity index (χ4n) is 3.33. The third kappa shape index (κ3) is 5.06. The van der Waals surface area contributed by atoms with Crippen LogP contribution in [-0.4, -0.2) is 44.5 Å². The Hall–Kier alpha value is -1.74. The Labute approximate surface area is 174 Å². The molecule has 0 amide bonds. The minimum absolute atomic E-state index is 0.141. The lowest BCUT2D eigenvalue weighted by atomic mass is 9.98. The molecule has 0 radical (unpaired) electrons. The maximum atomic E-state index is 14.5. The third-order valence-electron chi connectivity index (χ3n) is 5.16. The number of nitrogens with one attached hydrogen (secondary N) is 1. The summed E-state index contributed by atoms with van der Waals surface area (Å²) in [5, 5.41) is 0.214. The molecule has 2 aliphatic rings. The molecular weight excluding hydrogens is 419 g/mol. The Morgan fingerprint density at radius 2 is 2.07 bits per heavy atom. The molecule has 1 saturated heterocycles. The van der Waals surface area contributed by atoms with Crippen molar-refractivity contribution in [3.05, 3.63) is 47.4 Å². The number of aromatic nitrogens is 1. The van der Waals surface area contributed by atoms with Gasteiger partial charge in [0.25, 0.3) is 0 Å². The van der Waals surface area contributed by atoms with E-state index in [0.717, 1.165) is 0 Å². The van der Waals surface area contributed by atoms with E-state index in [1.54, 1.807) is 24.3 Å². The van der Waals surface area contributed by atoms with Crippen LogP contribution < -0.4 is 9.46 Å². The van der Waals surface area contributed by atoms with E-state index < -0.39 is 15.8 Å². The molecule has 1 N–H and O–H groups in total. The van der Waals surface area contributed by atoms with Crippen molar-refractivity contribution in [1.82, 2.24) is 9.71 Å². The molecule has 1 aromatic heterocycles. The Morgan fingerprint density at radius 1 is 1.24 bits per heavy atom. The van der Waals surface area contributed by atoms with Crippen LogP contribution in [0.5, 0.6) is 5.75 Å². The van der Waals surface area contributed by atoms with Crippen LogP contribution in [0.3, 0.4) is 0 Å². The zero-order valence-electron chi connectivity index (χ0n) is 15.7. The first kappa shape index (κ1) is 20.5. The minimum Gasteiger partial charge on any atom is -0.493 e. The molecule has 156 valence electrons. The Balaban J connectivity index is 1.40. The van der Waals surface area contributed by atoms with Crippen LogP contribution in [0.25, 0.3) is 11.3 Å². The largest absolute Gasteiger partial charge is 0.493 e. The first-order valence-corrected chi connectivity index (χ1v) is 11.5. The monoisotopic (exact) mass is 440 g/mol. The second-order valence-corrected chi connectivity index (χ2v) is 9.84. The van der Waals surface area contributed by atoms with Crippen LogP contribution >= 0.6 is 11.6 Å². The van der Waals surface area contributed by atoms with Gasteiger partial charge in [-0.15, -0.1) is 0 Å². The molecule has 2 aromatic rings. The summed E-state index contributed by atoms with van der Waals surface area (Å²) < 4.78 is 53.1. The van der Waals surface area contributed by atoms with E-state index in [0.29, 0.717) is 54.5 Å². The summed E-state index contributed by atoms with van der Waals surface area (Å²) in [5.41, 5.74) is 0.832. The maximum Gasteiger partial charge on any atom is 0.214 e. The highest BCUT2D eigenvalue weighted by molar-refractivity contribution is 7.90. The van der Waals surface area contributed by atoms with Crippen LogP contribution in [0.1, 0.15) is 19.3 Å². The van der Waals surface area contributed by atoms with Crippen molar-refractivity contribution in [1.29, 1.82) is 0 Å². The minimum atomic E-state index is -3.29. The van der Waals surface area contributed by atoms with E-state index in [2.05, 4.69) is 9.71 Å². The number of halogens is 2. The Bertz CT molecular complexity index is 967. The third-order valence-corrected chi connectivity index (χ3v) is 7.36. The van der Waals surface area contributed by atoms with E-state index in [9.17, 15) is 12.8 Å². The molecule has 2 heterocycles. The second-order valence-electron chi connectivity index (χ2n) is 7.41. The molecule has 6 nitrogen and oxygen atoms in total. The molecular formula is C20H22ClFN2O4S. The summed E-state index contributed by atoms with van der Waals surface area (Å²) in [7, 11) is -3.29. The zero-order valence-corrected chi connectivity index (χ0v) is 17.3. The summed E-state index contributed by atoms with van der Waals surface area (Å²) in [6, 6.07) is 7.64. The molecule has 1 aliphatic heterocycles. The molecule has 0 bridgehead atoms. The maximum absolute atomic E-state index is 14.5. The van der Waals surface area contributed by atoms with Crippen LogP contribution in [0.2, 0.25) is 5.02 Å². The van der Waals surface area contributed by atoms with Crippen molar-refractivity contribution in [2.24, 2.45) is 5.92 Å². The van der Waals surface area contributed by atoms with Crippen molar-refractivity contribution < 1.29 is 22.3 Å². The fraction of sp³-hybridized carbons (Fsp3) is 0.450.